The number of nitrogens with one attached hydrogen (secondary N) is 1. The normalized spacial score (nSPS) is 15.2. The second-order valence-electron chi connectivity index (χ2n) is 6.79. The van der Waals surface area contributed by atoms with Crippen LogP contribution in [0.15, 0.2) is 54.3 Å². The highest BCUT2D eigenvalue weighted by Crippen LogP contribution is 2.40. The number of hydrogen-bond donors (Lipinski definition) is 2. The van der Waals surface area contributed by atoms with Gasteiger partial charge >= 0.3 is 0 Å². The summed E-state index contributed by atoms with van der Waals surface area (Å²) in [4.78, 5) is 10.6. The van der Waals surface area contributed by atoms with Crippen LogP contribution in [0.5, 0.6) is 5.75 Å². The molecule has 0 unspecified atom stereocenters. The van der Waals surface area contributed by atoms with E-state index in [1.54, 1.807) is 19.9 Å². The molecular weight excluding hydrogens is 332 g/mol. The fourth-order valence-electron chi connectivity index (χ4n) is 3.00. The van der Waals surface area contributed by atoms with Crippen LogP contribution in [0.1, 0.15) is 31.4 Å². The van der Waals surface area contributed by atoms with Gasteiger partial charge in [0.05, 0.1) is 16.7 Å². The van der Waals surface area contributed by atoms with Crippen molar-refractivity contribution in [1.82, 2.24) is 5.32 Å². The second kappa shape index (κ2) is 7.07. The molecular formula is C20H22N2O4. The van der Waals surface area contributed by atoms with Crippen LogP contribution in [-0.4, -0.2) is 22.2 Å². The van der Waals surface area contributed by atoms with Crippen LogP contribution in [0.3, 0.4) is 0 Å². The number of aliphatic hydroxyl groups is 1. The van der Waals surface area contributed by atoms with Crippen LogP contribution in [0.2, 0.25) is 0 Å². The van der Waals surface area contributed by atoms with Crippen molar-refractivity contribution in [2.24, 2.45) is 0 Å². The van der Waals surface area contributed by atoms with E-state index in [0.717, 1.165) is 12.8 Å². The molecule has 6 nitrogen and oxygen atoms in total. The molecule has 26 heavy (non-hydrogen) atoms. The van der Waals surface area contributed by atoms with E-state index in [-0.39, 0.29) is 11.4 Å². The molecule has 0 aliphatic carbocycles. The van der Waals surface area contributed by atoms with Crippen molar-refractivity contribution in [1.29, 1.82) is 0 Å². The summed E-state index contributed by atoms with van der Waals surface area (Å²) >= 11 is 0. The molecule has 0 saturated heterocycles. The van der Waals surface area contributed by atoms with Gasteiger partial charge in [-0.1, -0.05) is 30.3 Å². The van der Waals surface area contributed by atoms with E-state index in [9.17, 15) is 15.2 Å². The van der Waals surface area contributed by atoms with E-state index in [2.05, 4.69) is 17.4 Å². The molecule has 1 heterocycles. The van der Waals surface area contributed by atoms with E-state index in [4.69, 9.17) is 4.74 Å². The Balaban J connectivity index is 1.77. The Kier molecular flexibility index (Phi) is 4.84. The van der Waals surface area contributed by atoms with Gasteiger partial charge in [-0.2, -0.15) is 0 Å². The Morgan fingerprint density at radius 3 is 2.62 bits per heavy atom. The summed E-state index contributed by atoms with van der Waals surface area (Å²) in [5.41, 5.74) is 1.47. The van der Waals surface area contributed by atoms with Crippen molar-refractivity contribution < 1.29 is 14.8 Å². The van der Waals surface area contributed by atoms with Crippen LogP contribution in [0, 0.1) is 10.1 Å². The number of rotatable bonds is 6. The minimum atomic E-state index is -0.954. The largest absolute Gasteiger partial charge is 0.506 e. The number of ether oxygens (including phenoxy) is 1. The summed E-state index contributed by atoms with van der Waals surface area (Å²) in [6.45, 7) is 4.13. The first-order valence-corrected chi connectivity index (χ1v) is 8.58. The minimum Gasteiger partial charge on any atom is -0.506 e. The zero-order valence-corrected chi connectivity index (χ0v) is 14.9. The lowest BCUT2D eigenvalue weighted by Gasteiger charge is -2.33. The molecule has 1 aliphatic rings. The maximum absolute atomic E-state index is 11.0. The molecule has 6 heteroatoms. The molecule has 2 N–H and O–H groups in total. The van der Waals surface area contributed by atoms with Crippen LogP contribution in [-0.2, 0) is 6.42 Å². The molecule has 0 bridgehead atoms. The SMILES string of the molecule is CC1(C)Oc2cc([N+](=O)[O-])ccc2C(NCCCc2ccccc2)=C1O. The van der Waals surface area contributed by atoms with Crippen molar-refractivity contribution in [3.05, 3.63) is 75.5 Å². The average Bonchev–Trinajstić information content (AvgIpc) is 2.61. The lowest BCUT2D eigenvalue weighted by Crippen LogP contribution is -2.37. The van der Waals surface area contributed by atoms with Crippen molar-refractivity contribution in [3.63, 3.8) is 0 Å². The monoisotopic (exact) mass is 354 g/mol. The first-order chi connectivity index (χ1) is 12.4. The van der Waals surface area contributed by atoms with Crippen molar-refractivity contribution in [2.75, 3.05) is 6.54 Å². The highest BCUT2D eigenvalue weighted by Gasteiger charge is 2.36. The van der Waals surface area contributed by atoms with Gasteiger partial charge in [0.2, 0.25) is 0 Å². The van der Waals surface area contributed by atoms with Gasteiger partial charge < -0.3 is 15.2 Å². The van der Waals surface area contributed by atoms with Crippen molar-refractivity contribution in [2.45, 2.75) is 32.3 Å². The van der Waals surface area contributed by atoms with Crippen LogP contribution in [0.4, 0.5) is 5.69 Å². The van der Waals surface area contributed by atoms with Crippen LogP contribution in [0.25, 0.3) is 5.70 Å². The first kappa shape index (κ1) is 17.8. The highest BCUT2D eigenvalue weighted by molar-refractivity contribution is 5.75. The third-order valence-corrected chi connectivity index (χ3v) is 4.40. The molecule has 2 aromatic carbocycles. The van der Waals surface area contributed by atoms with E-state index >= 15 is 0 Å². The summed E-state index contributed by atoms with van der Waals surface area (Å²) < 4.78 is 5.78. The molecule has 0 saturated carbocycles. The number of non-ortho nitro benzene ring substituents is 1. The van der Waals surface area contributed by atoms with E-state index in [1.165, 1.54) is 17.7 Å². The lowest BCUT2D eigenvalue weighted by atomic mass is 9.96. The Hall–Kier alpha value is -3.02. The van der Waals surface area contributed by atoms with Gasteiger partial charge in [0.1, 0.15) is 5.75 Å². The van der Waals surface area contributed by atoms with E-state index in [0.29, 0.717) is 23.6 Å². The Bertz CT molecular complexity index is 844. The number of nitro groups is 1. The Labute approximate surface area is 152 Å². The molecule has 2 aromatic rings. The number of benzene rings is 2. The zero-order chi connectivity index (χ0) is 18.7. The topological polar surface area (TPSA) is 84.6 Å². The fourth-order valence-corrected chi connectivity index (χ4v) is 3.00. The Morgan fingerprint density at radius 1 is 1.19 bits per heavy atom. The molecule has 1 aliphatic heterocycles. The van der Waals surface area contributed by atoms with Gasteiger partial charge in [0.15, 0.2) is 11.4 Å². The zero-order valence-electron chi connectivity index (χ0n) is 14.9. The van der Waals surface area contributed by atoms with Gasteiger partial charge in [-0.05, 0) is 38.3 Å². The summed E-state index contributed by atoms with van der Waals surface area (Å²) in [6, 6.07) is 14.6. The van der Waals surface area contributed by atoms with Gasteiger partial charge in [-0.25, -0.2) is 0 Å². The van der Waals surface area contributed by atoms with Gasteiger partial charge in [0.25, 0.3) is 5.69 Å². The summed E-state index contributed by atoms with van der Waals surface area (Å²) in [5, 5.41) is 24.9. The lowest BCUT2D eigenvalue weighted by molar-refractivity contribution is -0.385. The first-order valence-electron chi connectivity index (χ1n) is 8.58. The molecule has 0 fully saturated rings. The standard InChI is InChI=1S/C20H22N2O4/c1-20(2)19(23)18(21-12-6-9-14-7-4-3-5-8-14)16-11-10-15(22(24)25)13-17(16)26-20/h3-5,7-8,10-11,13,21,23H,6,9,12H2,1-2H3. The predicted octanol–water partition coefficient (Wildman–Crippen LogP) is 4.21. The molecule has 136 valence electrons. The third-order valence-electron chi connectivity index (χ3n) is 4.40. The average molecular weight is 354 g/mol. The number of nitro benzene ring substituents is 1. The third kappa shape index (κ3) is 3.64. The molecule has 0 spiro atoms. The van der Waals surface area contributed by atoms with Gasteiger partial charge in [-0.15, -0.1) is 0 Å². The molecule has 0 atom stereocenters. The van der Waals surface area contributed by atoms with Crippen molar-refractivity contribution >= 4 is 11.4 Å². The predicted molar refractivity (Wildman–Crippen MR) is 100 cm³/mol. The minimum absolute atomic E-state index is 0.0376. The molecule has 0 amide bonds. The summed E-state index contributed by atoms with van der Waals surface area (Å²) in [6.07, 6.45) is 1.82. The maximum atomic E-state index is 11.0. The number of aliphatic hydroxyl groups excluding tert-OH is 1. The Morgan fingerprint density at radius 2 is 1.92 bits per heavy atom. The smallest absolute Gasteiger partial charge is 0.273 e. The van der Waals surface area contributed by atoms with Crippen molar-refractivity contribution in [3.8, 4) is 5.75 Å². The number of nitrogens with zero attached hydrogens (tertiary/aromatic N) is 1. The van der Waals surface area contributed by atoms with Gasteiger partial charge in [0, 0.05) is 18.2 Å². The molecule has 0 aromatic heterocycles. The van der Waals surface area contributed by atoms with Crippen LogP contribution < -0.4 is 10.1 Å². The molecule has 0 radical (unpaired) electrons. The van der Waals surface area contributed by atoms with Gasteiger partial charge in [-0.3, -0.25) is 10.1 Å². The van der Waals surface area contributed by atoms with Crippen LogP contribution >= 0.6 is 0 Å². The quantitative estimate of drug-likeness (QED) is 0.461. The second-order valence-corrected chi connectivity index (χ2v) is 6.79. The highest BCUT2D eigenvalue weighted by atomic mass is 16.6. The number of hydrogen-bond acceptors (Lipinski definition) is 5. The molecule has 3 rings (SSSR count). The van der Waals surface area contributed by atoms with E-state index in [1.807, 2.05) is 18.2 Å². The summed E-state index contributed by atoms with van der Waals surface area (Å²) in [5.74, 6) is 0.492. The maximum Gasteiger partial charge on any atom is 0.273 e. The number of aryl methyl sites for hydroxylation is 1. The van der Waals surface area contributed by atoms with E-state index < -0.39 is 10.5 Å². The fraction of sp³-hybridized carbons (Fsp3) is 0.300. The summed E-state index contributed by atoms with van der Waals surface area (Å²) in [7, 11) is 0. The number of fused-ring (bicyclic) bond motifs is 1.